The largest absolute Gasteiger partial charge is 0.480 e. The van der Waals surface area contributed by atoms with Crippen molar-refractivity contribution in [2.75, 3.05) is 13.1 Å². The zero-order valence-electron chi connectivity index (χ0n) is 8.17. The minimum absolute atomic E-state index is 0.00297. The summed E-state index contributed by atoms with van der Waals surface area (Å²) in [5, 5.41) is 10.6. The van der Waals surface area contributed by atoms with Gasteiger partial charge in [-0.3, -0.25) is 14.9 Å². The quantitative estimate of drug-likeness (QED) is 0.733. The summed E-state index contributed by atoms with van der Waals surface area (Å²) < 4.78 is 25.3. The predicted molar refractivity (Wildman–Crippen MR) is 51.2 cm³/mol. The molecule has 0 fully saturated rings. The molecular weight excluding hydrogens is 220 g/mol. The van der Waals surface area contributed by atoms with Gasteiger partial charge in [0.2, 0.25) is 0 Å². The highest BCUT2D eigenvalue weighted by Gasteiger charge is 2.09. The van der Waals surface area contributed by atoms with Gasteiger partial charge in [0.15, 0.2) is 17.4 Å². The second-order valence-corrected chi connectivity index (χ2v) is 3.05. The number of carbonyl (C=O) groups is 2. The maximum absolute atomic E-state index is 12.7. The maximum Gasteiger partial charge on any atom is 0.317 e. The number of halogens is 2. The van der Waals surface area contributed by atoms with E-state index < -0.39 is 23.4 Å². The SMILES string of the molecule is O=C(O)CNCC(=O)c1ccc(F)c(F)c1. The molecule has 0 radical (unpaired) electrons. The molecular formula is C10H9F2NO3. The predicted octanol–water partition coefficient (Wildman–Crippen LogP) is 0.822. The Labute approximate surface area is 89.9 Å². The average Bonchev–Trinajstić information content (AvgIpc) is 2.21. The van der Waals surface area contributed by atoms with Gasteiger partial charge in [0.05, 0.1) is 13.1 Å². The van der Waals surface area contributed by atoms with Crippen LogP contribution in [-0.2, 0) is 4.79 Å². The number of rotatable bonds is 5. The number of carboxylic acids is 1. The zero-order chi connectivity index (χ0) is 12.1. The van der Waals surface area contributed by atoms with E-state index in [1.807, 2.05) is 0 Å². The van der Waals surface area contributed by atoms with E-state index in [4.69, 9.17) is 5.11 Å². The molecule has 0 aromatic heterocycles. The van der Waals surface area contributed by atoms with E-state index in [0.29, 0.717) is 0 Å². The van der Waals surface area contributed by atoms with Crippen LogP contribution in [0.25, 0.3) is 0 Å². The number of benzene rings is 1. The minimum Gasteiger partial charge on any atom is -0.480 e. The molecule has 0 aliphatic carbocycles. The van der Waals surface area contributed by atoms with E-state index in [2.05, 4.69) is 5.32 Å². The normalized spacial score (nSPS) is 10.1. The topological polar surface area (TPSA) is 66.4 Å². The standard InChI is InChI=1S/C10H9F2NO3/c11-7-2-1-6(3-8(7)12)9(14)4-13-5-10(15)16/h1-3,13H,4-5H2,(H,15,16). The molecule has 0 saturated heterocycles. The number of Topliss-reactive ketones (excluding diaryl/α,β-unsaturated/α-hetero) is 1. The number of carboxylic acid groups (broad SMARTS) is 1. The summed E-state index contributed by atoms with van der Waals surface area (Å²) in [6.07, 6.45) is 0. The lowest BCUT2D eigenvalue weighted by Crippen LogP contribution is -2.28. The Balaban J connectivity index is 2.59. The van der Waals surface area contributed by atoms with Crippen molar-refractivity contribution in [3.8, 4) is 0 Å². The van der Waals surface area contributed by atoms with E-state index in [1.165, 1.54) is 0 Å². The highest BCUT2D eigenvalue weighted by molar-refractivity contribution is 5.97. The van der Waals surface area contributed by atoms with E-state index in [0.717, 1.165) is 18.2 Å². The molecule has 0 saturated carbocycles. The summed E-state index contributed by atoms with van der Waals surface area (Å²) in [7, 11) is 0. The summed E-state index contributed by atoms with van der Waals surface area (Å²) in [5.41, 5.74) is -0.00297. The first kappa shape index (κ1) is 12.3. The van der Waals surface area contributed by atoms with E-state index in [1.54, 1.807) is 0 Å². The summed E-state index contributed by atoms with van der Waals surface area (Å²) in [6, 6.07) is 2.77. The van der Waals surface area contributed by atoms with Crippen molar-refractivity contribution in [1.82, 2.24) is 5.32 Å². The van der Waals surface area contributed by atoms with Gasteiger partial charge < -0.3 is 5.11 Å². The molecule has 0 amide bonds. The smallest absolute Gasteiger partial charge is 0.317 e. The van der Waals surface area contributed by atoms with Gasteiger partial charge >= 0.3 is 5.97 Å². The molecule has 1 rings (SSSR count). The van der Waals surface area contributed by atoms with Crippen LogP contribution in [0.4, 0.5) is 8.78 Å². The van der Waals surface area contributed by atoms with Crippen LogP contribution in [0.1, 0.15) is 10.4 Å². The fraction of sp³-hybridized carbons (Fsp3) is 0.200. The van der Waals surface area contributed by atoms with Crippen LogP contribution in [0, 0.1) is 11.6 Å². The van der Waals surface area contributed by atoms with E-state index >= 15 is 0 Å². The van der Waals surface area contributed by atoms with Gasteiger partial charge in [0.25, 0.3) is 0 Å². The third-order valence-electron chi connectivity index (χ3n) is 1.80. The van der Waals surface area contributed by atoms with E-state index in [-0.39, 0.29) is 18.7 Å². The first-order chi connectivity index (χ1) is 7.50. The van der Waals surface area contributed by atoms with Crippen molar-refractivity contribution in [2.24, 2.45) is 0 Å². The van der Waals surface area contributed by atoms with E-state index in [9.17, 15) is 18.4 Å². The van der Waals surface area contributed by atoms with Crippen LogP contribution in [0.15, 0.2) is 18.2 Å². The summed E-state index contributed by atoms with van der Waals surface area (Å²) in [5.74, 6) is -3.74. The van der Waals surface area contributed by atoms with Crippen molar-refractivity contribution in [3.63, 3.8) is 0 Å². The van der Waals surface area contributed by atoms with Crippen molar-refractivity contribution >= 4 is 11.8 Å². The van der Waals surface area contributed by atoms with Gasteiger partial charge in [0.1, 0.15) is 0 Å². The molecule has 0 aliphatic heterocycles. The molecule has 0 spiro atoms. The average molecular weight is 229 g/mol. The van der Waals surface area contributed by atoms with Crippen LogP contribution < -0.4 is 5.32 Å². The Bertz CT molecular complexity index is 421. The van der Waals surface area contributed by atoms with Gasteiger partial charge in [-0.2, -0.15) is 0 Å². The van der Waals surface area contributed by atoms with Crippen LogP contribution >= 0.6 is 0 Å². The van der Waals surface area contributed by atoms with Crippen molar-refractivity contribution in [1.29, 1.82) is 0 Å². The van der Waals surface area contributed by atoms with Gasteiger partial charge in [-0.05, 0) is 18.2 Å². The Hall–Kier alpha value is -1.82. The summed E-state index contributed by atoms with van der Waals surface area (Å²) >= 11 is 0. The number of hydrogen-bond acceptors (Lipinski definition) is 3. The van der Waals surface area contributed by atoms with Crippen LogP contribution in [-0.4, -0.2) is 29.9 Å². The highest BCUT2D eigenvalue weighted by atomic mass is 19.2. The lowest BCUT2D eigenvalue weighted by molar-refractivity contribution is -0.135. The Morgan fingerprint density at radius 2 is 1.88 bits per heavy atom. The fourth-order valence-corrected chi connectivity index (χ4v) is 1.05. The molecule has 1 aromatic rings. The number of aliphatic carboxylic acids is 1. The lowest BCUT2D eigenvalue weighted by atomic mass is 10.1. The van der Waals surface area contributed by atoms with Gasteiger partial charge in [-0.15, -0.1) is 0 Å². The summed E-state index contributed by atoms with van der Waals surface area (Å²) in [6.45, 7) is -0.604. The Morgan fingerprint density at radius 1 is 1.19 bits per heavy atom. The monoisotopic (exact) mass is 229 g/mol. The second-order valence-electron chi connectivity index (χ2n) is 3.05. The Morgan fingerprint density at radius 3 is 2.44 bits per heavy atom. The highest BCUT2D eigenvalue weighted by Crippen LogP contribution is 2.08. The molecule has 0 heterocycles. The molecule has 1 aromatic carbocycles. The third kappa shape index (κ3) is 3.39. The molecule has 6 heteroatoms. The molecule has 2 N–H and O–H groups in total. The summed E-state index contributed by atoms with van der Waals surface area (Å²) in [4.78, 5) is 21.5. The Kier molecular flexibility index (Phi) is 4.07. The van der Waals surface area contributed by atoms with Crippen molar-refractivity contribution in [3.05, 3.63) is 35.4 Å². The molecule has 0 atom stereocenters. The fourth-order valence-electron chi connectivity index (χ4n) is 1.05. The second kappa shape index (κ2) is 5.32. The molecule has 0 unspecified atom stereocenters. The van der Waals surface area contributed by atoms with Crippen LogP contribution in [0.5, 0.6) is 0 Å². The van der Waals surface area contributed by atoms with Crippen molar-refractivity contribution < 1.29 is 23.5 Å². The molecule has 0 aliphatic rings. The number of carbonyl (C=O) groups excluding carboxylic acids is 1. The molecule has 16 heavy (non-hydrogen) atoms. The van der Waals surface area contributed by atoms with Gasteiger partial charge in [0, 0.05) is 5.56 Å². The van der Waals surface area contributed by atoms with Crippen LogP contribution in [0.2, 0.25) is 0 Å². The number of hydrogen-bond donors (Lipinski definition) is 2. The zero-order valence-corrected chi connectivity index (χ0v) is 8.17. The first-order valence-corrected chi connectivity index (χ1v) is 4.41. The molecule has 0 bridgehead atoms. The molecule has 4 nitrogen and oxygen atoms in total. The number of nitrogens with one attached hydrogen (secondary N) is 1. The molecule has 86 valence electrons. The van der Waals surface area contributed by atoms with Gasteiger partial charge in [-0.25, -0.2) is 8.78 Å². The maximum atomic E-state index is 12.7. The van der Waals surface area contributed by atoms with Crippen LogP contribution in [0.3, 0.4) is 0 Å². The lowest BCUT2D eigenvalue weighted by Gasteiger charge is -2.02. The van der Waals surface area contributed by atoms with Gasteiger partial charge in [-0.1, -0.05) is 0 Å². The minimum atomic E-state index is -1.11. The van der Waals surface area contributed by atoms with Crippen molar-refractivity contribution in [2.45, 2.75) is 0 Å². The number of ketones is 1. The first-order valence-electron chi connectivity index (χ1n) is 4.41. The third-order valence-corrected chi connectivity index (χ3v) is 1.80.